The minimum Gasteiger partial charge on any atom is -0.317 e. The van der Waals surface area contributed by atoms with Gasteiger partial charge in [-0.2, -0.15) is 17.0 Å². The van der Waals surface area contributed by atoms with Crippen LogP contribution >= 0.6 is 0 Å². The van der Waals surface area contributed by atoms with Gasteiger partial charge in [0.25, 0.3) is 10.2 Å². The highest BCUT2D eigenvalue weighted by Crippen LogP contribution is 2.20. The summed E-state index contributed by atoms with van der Waals surface area (Å²) in [7, 11) is -1.59. The molecule has 0 aromatic carbocycles. The second-order valence-corrected chi connectivity index (χ2v) is 7.89. The number of hydrogen-bond acceptors (Lipinski definition) is 3. The SMILES string of the molecule is CCNCC1CCCN(S(=O)(=O)N(C)CC(C)C)C1. The van der Waals surface area contributed by atoms with Crippen molar-refractivity contribution in [2.24, 2.45) is 11.8 Å². The van der Waals surface area contributed by atoms with Gasteiger partial charge in [-0.15, -0.1) is 0 Å². The first-order chi connectivity index (χ1) is 8.87. The molecule has 1 aliphatic heterocycles. The molecule has 6 heteroatoms. The molecule has 0 amide bonds. The zero-order valence-corrected chi connectivity index (χ0v) is 13.5. The molecular formula is C13H29N3O2S. The van der Waals surface area contributed by atoms with Crippen molar-refractivity contribution >= 4 is 10.2 Å². The van der Waals surface area contributed by atoms with Crippen molar-refractivity contribution in [1.29, 1.82) is 0 Å². The van der Waals surface area contributed by atoms with E-state index in [4.69, 9.17) is 0 Å². The number of hydrogen-bond donors (Lipinski definition) is 1. The molecule has 0 aromatic rings. The van der Waals surface area contributed by atoms with Gasteiger partial charge >= 0.3 is 0 Å². The van der Waals surface area contributed by atoms with Crippen LogP contribution in [0, 0.1) is 11.8 Å². The maximum atomic E-state index is 12.5. The maximum Gasteiger partial charge on any atom is 0.281 e. The van der Waals surface area contributed by atoms with Crippen LogP contribution in [0.5, 0.6) is 0 Å². The van der Waals surface area contributed by atoms with E-state index in [1.54, 1.807) is 11.4 Å². The fourth-order valence-electron chi connectivity index (χ4n) is 2.56. The van der Waals surface area contributed by atoms with E-state index in [-0.39, 0.29) is 0 Å². The van der Waals surface area contributed by atoms with Gasteiger partial charge in [0.15, 0.2) is 0 Å². The second-order valence-electron chi connectivity index (χ2n) is 5.86. The standard InChI is InChI=1S/C13H29N3O2S/c1-5-14-9-13-7-6-8-16(11-13)19(17,18)15(4)10-12(2)3/h12-14H,5-11H2,1-4H3. The van der Waals surface area contributed by atoms with Gasteiger partial charge in [0.05, 0.1) is 0 Å². The van der Waals surface area contributed by atoms with Gasteiger partial charge in [-0.25, -0.2) is 0 Å². The highest BCUT2D eigenvalue weighted by atomic mass is 32.2. The first kappa shape index (κ1) is 16.9. The molecule has 0 radical (unpaired) electrons. The molecule has 0 bridgehead atoms. The lowest BCUT2D eigenvalue weighted by Crippen LogP contribution is -2.48. The summed E-state index contributed by atoms with van der Waals surface area (Å²) in [5.74, 6) is 0.790. The summed E-state index contributed by atoms with van der Waals surface area (Å²) in [6.07, 6.45) is 2.08. The number of nitrogens with zero attached hydrogens (tertiary/aromatic N) is 2. The fraction of sp³-hybridized carbons (Fsp3) is 1.00. The summed E-state index contributed by atoms with van der Waals surface area (Å²) in [6, 6.07) is 0. The Balaban J connectivity index is 2.62. The summed E-state index contributed by atoms with van der Waals surface area (Å²) in [5.41, 5.74) is 0. The van der Waals surface area contributed by atoms with Gasteiger partial charge in [-0.3, -0.25) is 0 Å². The first-order valence-electron chi connectivity index (χ1n) is 7.30. The predicted octanol–water partition coefficient (Wildman–Crippen LogP) is 1.14. The Hall–Kier alpha value is -0.170. The van der Waals surface area contributed by atoms with Crippen LogP contribution in [0.15, 0.2) is 0 Å². The summed E-state index contributed by atoms with van der Waals surface area (Å²) in [4.78, 5) is 0. The molecule has 1 fully saturated rings. The largest absolute Gasteiger partial charge is 0.317 e. The molecular weight excluding hydrogens is 262 g/mol. The molecule has 1 aliphatic rings. The summed E-state index contributed by atoms with van der Waals surface area (Å²) >= 11 is 0. The van der Waals surface area contributed by atoms with Crippen molar-refractivity contribution in [2.75, 3.05) is 39.8 Å². The third kappa shape index (κ3) is 5.02. The van der Waals surface area contributed by atoms with Crippen LogP contribution in [0.1, 0.15) is 33.6 Å². The first-order valence-corrected chi connectivity index (χ1v) is 8.69. The zero-order chi connectivity index (χ0) is 14.5. The summed E-state index contributed by atoms with van der Waals surface area (Å²) < 4.78 is 28.1. The predicted molar refractivity (Wildman–Crippen MR) is 79.2 cm³/mol. The van der Waals surface area contributed by atoms with Gasteiger partial charge in [0, 0.05) is 26.7 Å². The van der Waals surface area contributed by atoms with E-state index in [0.717, 1.165) is 25.9 Å². The molecule has 1 rings (SSSR count). The lowest BCUT2D eigenvalue weighted by Gasteiger charge is -2.34. The lowest BCUT2D eigenvalue weighted by atomic mass is 10.00. The van der Waals surface area contributed by atoms with Crippen LogP contribution in [0.4, 0.5) is 0 Å². The fourth-order valence-corrected chi connectivity index (χ4v) is 4.20. The van der Waals surface area contributed by atoms with Gasteiger partial charge in [0.2, 0.25) is 0 Å². The van der Waals surface area contributed by atoms with Crippen LogP contribution in [0.3, 0.4) is 0 Å². The smallest absolute Gasteiger partial charge is 0.281 e. The third-order valence-electron chi connectivity index (χ3n) is 3.51. The Kier molecular flexibility index (Phi) is 6.73. The molecule has 1 N–H and O–H groups in total. The minimum absolute atomic E-state index is 0.349. The van der Waals surface area contributed by atoms with Crippen LogP contribution in [0.2, 0.25) is 0 Å². The van der Waals surface area contributed by atoms with Crippen molar-refractivity contribution in [2.45, 2.75) is 33.6 Å². The molecule has 1 saturated heterocycles. The van der Waals surface area contributed by atoms with Crippen molar-refractivity contribution < 1.29 is 8.42 Å². The van der Waals surface area contributed by atoms with Crippen LogP contribution in [0.25, 0.3) is 0 Å². The highest BCUT2D eigenvalue weighted by Gasteiger charge is 2.31. The zero-order valence-electron chi connectivity index (χ0n) is 12.7. The van der Waals surface area contributed by atoms with Gasteiger partial charge in [-0.05, 0) is 37.8 Å². The van der Waals surface area contributed by atoms with Gasteiger partial charge < -0.3 is 5.32 Å². The van der Waals surface area contributed by atoms with E-state index in [1.165, 1.54) is 4.31 Å². The maximum absolute atomic E-state index is 12.5. The highest BCUT2D eigenvalue weighted by molar-refractivity contribution is 7.86. The van der Waals surface area contributed by atoms with E-state index in [2.05, 4.69) is 12.2 Å². The average Bonchev–Trinajstić information content (AvgIpc) is 2.35. The van der Waals surface area contributed by atoms with Crippen molar-refractivity contribution in [1.82, 2.24) is 13.9 Å². The summed E-state index contributed by atoms with van der Waals surface area (Å²) in [5, 5.41) is 3.32. The lowest BCUT2D eigenvalue weighted by molar-refractivity contribution is 0.244. The van der Waals surface area contributed by atoms with Crippen molar-refractivity contribution in [3.05, 3.63) is 0 Å². The molecule has 1 unspecified atom stereocenters. The van der Waals surface area contributed by atoms with Gasteiger partial charge in [0.1, 0.15) is 0 Å². The topological polar surface area (TPSA) is 52.7 Å². The monoisotopic (exact) mass is 291 g/mol. The molecule has 1 heterocycles. The normalized spacial score (nSPS) is 22.3. The quantitative estimate of drug-likeness (QED) is 0.765. The van der Waals surface area contributed by atoms with Crippen molar-refractivity contribution in [3.8, 4) is 0 Å². The average molecular weight is 291 g/mol. The van der Waals surface area contributed by atoms with E-state index in [1.807, 2.05) is 13.8 Å². The van der Waals surface area contributed by atoms with E-state index >= 15 is 0 Å². The Labute approximate surface area is 118 Å². The number of rotatable bonds is 7. The molecule has 1 atom stereocenters. The molecule has 0 aromatic heterocycles. The molecule has 0 aliphatic carbocycles. The molecule has 114 valence electrons. The molecule has 19 heavy (non-hydrogen) atoms. The second kappa shape index (κ2) is 7.57. The van der Waals surface area contributed by atoms with E-state index in [0.29, 0.717) is 31.5 Å². The number of nitrogens with one attached hydrogen (secondary N) is 1. The molecule has 0 spiro atoms. The third-order valence-corrected chi connectivity index (χ3v) is 5.43. The minimum atomic E-state index is -3.28. The molecule has 0 saturated carbocycles. The van der Waals surface area contributed by atoms with Gasteiger partial charge in [-0.1, -0.05) is 20.8 Å². The van der Waals surface area contributed by atoms with E-state index in [9.17, 15) is 8.42 Å². The Bertz CT molecular complexity index is 357. The van der Waals surface area contributed by atoms with E-state index < -0.39 is 10.2 Å². The number of piperidine rings is 1. The van der Waals surface area contributed by atoms with Crippen LogP contribution < -0.4 is 5.32 Å². The Morgan fingerprint density at radius 2 is 2.11 bits per heavy atom. The van der Waals surface area contributed by atoms with Crippen molar-refractivity contribution in [3.63, 3.8) is 0 Å². The Morgan fingerprint density at radius 1 is 1.42 bits per heavy atom. The summed E-state index contributed by atoms with van der Waals surface area (Å²) in [6.45, 7) is 9.90. The Morgan fingerprint density at radius 3 is 2.68 bits per heavy atom. The molecule has 5 nitrogen and oxygen atoms in total. The van der Waals surface area contributed by atoms with Crippen LogP contribution in [-0.2, 0) is 10.2 Å². The van der Waals surface area contributed by atoms with Crippen LogP contribution in [-0.4, -0.2) is 56.8 Å².